The largest absolute Gasteiger partial charge is 0.0984 e. The molecule has 2 heteroatoms. The molecule has 0 nitrogen and oxygen atoms in total. The van der Waals surface area contributed by atoms with E-state index < -0.39 is 0 Å². The quantitative estimate of drug-likeness (QED) is 0.608. The summed E-state index contributed by atoms with van der Waals surface area (Å²) in [5.41, 5.74) is 0.870. The Morgan fingerprint density at radius 2 is 2.00 bits per heavy atom. The van der Waals surface area contributed by atoms with Gasteiger partial charge in [0.05, 0.1) is 10.0 Å². The third kappa shape index (κ3) is 1.34. The van der Waals surface area contributed by atoms with Crippen LogP contribution in [0.25, 0.3) is 6.08 Å². The second-order valence-corrected chi connectivity index (χ2v) is 2.63. The fraction of sp³-hybridized carbons (Fsp3) is 0. The first-order chi connectivity index (χ1) is 4.75. The molecule has 1 aromatic rings. The van der Waals surface area contributed by atoms with Crippen molar-refractivity contribution in [2.75, 3.05) is 0 Å². The minimum absolute atomic E-state index is 0.569. The van der Waals surface area contributed by atoms with Gasteiger partial charge < -0.3 is 0 Å². The summed E-state index contributed by atoms with van der Waals surface area (Å²) in [5, 5.41) is 1.14. The summed E-state index contributed by atoms with van der Waals surface area (Å²) in [6.07, 6.45) is 1.67. The summed E-state index contributed by atoms with van der Waals surface area (Å²) in [6.45, 7) is 3.59. The number of hydrogen-bond donors (Lipinski definition) is 0. The highest BCUT2D eigenvalue weighted by molar-refractivity contribution is 6.42. The average Bonchev–Trinajstić information content (AvgIpc) is 1.95. The van der Waals surface area contributed by atoms with Gasteiger partial charge in [0.15, 0.2) is 0 Å². The standard InChI is InChI=1S/C8H6Cl2/c1-2-6-4-3-5-7(9)8(6)10/h2-5H,1H2. The lowest BCUT2D eigenvalue weighted by Crippen LogP contribution is -1.73. The first kappa shape index (κ1) is 7.64. The Balaban J connectivity index is 3.27. The summed E-state index contributed by atoms with van der Waals surface area (Å²) in [5.74, 6) is 0. The lowest BCUT2D eigenvalue weighted by atomic mass is 10.2. The van der Waals surface area contributed by atoms with Gasteiger partial charge in [0.1, 0.15) is 0 Å². The molecular formula is C8H6Cl2. The Hall–Kier alpha value is -0.460. The van der Waals surface area contributed by atoms with Crippen molar-refractivity contribution in [3.8, 4) is 0 Å². The number of rotatable bonds is 1. The van der Waals surface area contributed by atoms with Crippen molar-refractivity contribution in [1.82, 2.24) is 0 Å². The van der Waals surface area contributed by atoms with Crippen molar-refractivity contribution >= 4 is 29.3 Å². The summed E-state index contributed by atoms with van der Waals surface area (Å²) >= 11 is 11.5. The van der Waals surface area contributed by atoms with E-state index in [9.17, 15) is 0 Å². The Morgan fingerprint density at radius 1 is 1.30 bits per heavy atom. The first-order valence-electron chi connectivity index (χ1n) is 2.82. The molecule has 0 atom stereocenters. The zero-order valence-electron chi connectivity index (χ0n) is 5.27. The van der Waals surface area contributed by atoms with E-state index in [-0.39, 0.29) is 0 Å². The second-order valence-electron chi connectivity index (χ2n) is 1.85. The van der Waals surface area contributed by atoms with Crippen molar-refractivity contribution in [2.24, 2.45) is 0 Å². The van der Waals surface area contributed by atoms with Gasteiger partial charge in [-0.3, -0.25) is 0 Å². The van der Waals surface area contributed by atoms with Gasteiger partial charge >= 0.3 is 0 Å². The molecule has 0 aromatic heterocycles. The molecule has 0 unspecified atom stereocenters. The van der Waals surface area contributed by atoms with Gasteiger partial charge in [0.2, 0.25) is 0 Å². The molecule has 1 rings (SSSR count). The van der Waals surface area contributed by atoms with Crippen molar-refractivity contribution < 1.29 is 0 Å². The molecule has 0 amide bonds. The fourth-order valence-corrected chi connectivity index (χ4v) is 1.06. The van der Waals surface area contributed by atoms with Crippen LogP contribution in [0.15, 0.2) is 24.8 Å². The highest BCUT2D eigenvalue weighted by atomic mass is 35.5. The van der Waals surface area contributed by atoms with E-state index in [0.717, 1.165) is 5.56 Å². The molecule has 0 bridgehead atoms. The zero-order valence-corrected chi connectivity index (χ0v) is 6.78. The topological polar surface area (TPSA) is 0 Å². The van der Waals surface area contributed by atoms with E-state index >= 15 is 0 Å². The van der Waals surface area contributed by atoms with Crippen LogP contribution in [0.3, 0.4) is 0 Å². The number of benzene rings is 1. The van der Waals surface area contributed by atoms with Crippen LogP contribution in [0, 0.1) is 0 Å². The van der Waals surface area contributed by atoms with Crippen LogP contribution < -0.4 is 0 Å². The predicted octanol–water partition coefficient (Wildman–Crippen LogP) is 3.64. The van der Waals surface area contributed by atoms with Crippen LogP contribution in [0.5, 0.6) is 0 Å². The molecule has 52 valence electrons. The molecule has 0 saturated carbocycles. The molecule has 0 radical (unpaired) electrons. The van der Waals surface area contributed by atoms with Crippen molar-refractivity contribution in [3.63, 3.8) is 0 Å². The van der Waals surface area contributed by atoms with Gasteiger partial charge in [-0.05, 0) is 11.6 Å². The molecule has 10 heavy (non-hydrogen) atoms. The Kier molecular flexibility index (Phi) is 2.36. The third-order valence-corrected chi connectivity index (χ3v) is 2.03. The lowest BCUT2D eigenvalue weighted by molar-refractivity contribution is 1.66. The summed E-state index contributed by atoms with van der Waals surface area (Å²) in [4.78, 5) is 0. The molecule has 0 aliphatic carbocycles. The Labute approximate surface area is 70.1 Å². The Morgan fingerprint density at radius 3 is 2.50 bits per heavy atom. The molecule has 0 N–H and O–H groups in total. The van der Waals surface area contributed by atoms with Crippen LogP contribution in [-0.4, -0.2) is 0 Å². The van der Waals surface area contributed by atoms with Gasteiger partial charge in [-0.2, -0.15) is 0 Å². The van der Waals surface area contributed by atoms with E-state index in [4.69, 9.17) is 23.2 Å². The molecule has 0 saturated heterocycles. The second kappa shape index (κ2) is 3.09. The van der Waals surface area contributed by atoms with Crippen LogP contribution in [-0.2, 0) is 0 Å². The van der Waals surface area contributed by atoms with Gasteiger partial charge in [0, 0.05) is 0 Å². The SMILES string of the molecule is C=Cc1cccc(Cl)c1Cl. The molecule has 0 aliphatic heterocycles. The van der Waals surface area contributed by atoms with Crippen LogP contribution >= 0.6 is 23.2 Å². The minimum Gasteiger partial charge on any atom is -0.0984 e. The number of hydrogen-bond acceptors (Lipinski definition) is 0. The predicted molar refractivity (Wildman–Crippen MR) is 46.6 cm³/mol. The maximum absolute atomic E-state index is 5.79. The summed E-state index contributed by atoms with van der Waals surface area (Å²) < 4.78 is 0. The monoisotopic (exact) mass is 172 g/mol. The fourth-order valence-electron chi connectivity index (χ4n) is 0.678. The van der Waals surface area contributed by atoms with Gasteiger partial charge in [-0.15, -0.1) is 0 Å². The lowest BCUT2D eigenvalue weighted by Gasteiger charge is -1.97. The third-order valence-electron chi connectivity index (χ3n) is 1.20. The molecule has 0 spiro atoms. The first-order valence-corrected chi connectivity index (χ1v) is 3.57. The van der Waals surface area contributed by atoms with E-state index in [1.165, 1.54) is 0 Å². The van der Waals surface area contributed by atoms with Crippen molar-refractivity contribution in [2.45, 2.75) is 0 Å². The molecule has 1 aromatic carbocycles. The summed E-state index contributed by atoms with van der Waals surface area (Å²) in [7, 11) is 0. The molecule has 0 aliphatic rings. The molecule has 0 heterocycles. The van der Waals surface area contributed by atoms with Gasteiger partial charge in [0.25, 0.3) is 0 Å². The van der Waals surface area contributed by atoms with E-state index in [0.29, 0.717) is 10.0 Å². The summed E-state index contributed by atoms with van der Waals surface area (Å²) in [6, 6.07) is 5.45. The average molecular weight is 173 g/mol. The Bertz CT molecular complexity index is 253. The van der Waals surface area contributed by atoms with Gasteiger partial charge in [-0.25, -0.2) is 0 Å². The molecular weight excluding hydrogens is 167 g/mol. The molecule has 0 fully saturated rings. The zero-order chi connectivity index (χ0) is 7.56. The van der Waals surface area contributed by atoms with Crippen LogP contribution in [0.4, 0.5) is 0 Å². The van der Waals surface area contributed by atoms with Crippen molar-refractivity contribution in [1.29, 1.82) is 0 Å². The number of halogens is 2. The van der Waals surface area contributed by atoms with E-state index in [2.05, 4.69) is 6.58 Å². The highest BCUT2D eigenvalue weighted by Gasteiger charge is 1.98. The van der Waals surface area contributed by atoms with E-state index in [1.54, 1.807) is 12.1 Å². The normalized spacial score (nSPS) is 9.40. The smallest absolute Gasteiger partial charge is 0.0664 e. The maximum Gasteiger partial charge on any atom is 0.0664 e. The maximum atomic E-state index is 5.79. The van der Waals surface area contributed by atoms with Gasteiger partial charge in [-0.1, -0.05) is 48.0 Å². The van der Waals surface area contributed by atoms with E-state index in [1.807, 2.05) is 12.1 Å². The highest BCUT2D eigenvalue weighted by Crippen LogP contribution is 2.25. The van der Waals surface area contributed by atoms with Crippen molar-refractivity contribution in [3.05, 3.63) is 40.4 Å². The minimum atomic E-state index is 0.569. The van der Waals surface area contributed by atoms with Crippen LogP contribution in [0.1, 0.15) is 5.56 Å². The van der Waals surface area contributed by atoms with Crippen LogP contribution in [0.2, 0.25) is 10.0 Å².